The lowest BCUT2D eigenvalue weighted by atomic mass is 9.96. The molecule has 162 valence electrons. The van der Waals surface area contributed by atoms with E-state index in [1.165, 1.54) is 0 Å². The highest BCUT2D eigenvalue weighted by atomic mass is 16.5. The molecule has 1 unspecified atom stereocenters. The lowest BCUT2D eigenvalue weighted by Crippen LogP contribution is -2.25. The molecular formula is C27H26N2O3. The number of benzene rings is 3. The molecule has 1 amide bonds. The summed E-state index contributed by atoms with van der Waals surface area (Å²) in [5, 5.41) is 6.30. The third kappa shape index (κ3) is 4.42. The highest BCUT2D eigenvalue weighted by Crippen LogP contribution is 2.41. The molecule has 4 rings (SSSR count). The average Bonchev–Trinajstić information content (AvgIpc) is 3.28. The van der Waals surface area contributed by atoms with Crippen LogP contribution < -0.4 is 9.47 Å². The second kappa shape index (κ2) is 9.52. The van der Waals surface area contributed by atoms with E-state index in [0.717, 1.165) is 28.0 Å². The zero-order chi connectivity index (χ0) is 22.5. The van der Waals surface area contributed by atoms with Crippen LogP contribution >= 0.6 is 0 Å². The molecule has 0 saturated carbocycles. The fourth-order valence-electron chi connectivity index (χ4n) is 3.94. The van der Waals surface area contributed by atoms with Gasteiger partial charge in [0, 0.05) is 18.1 Å². The summed E-state index contributed by atoms with van der Waals surface area (Å²) in [6.07, 6.45) is 3.96. The summed E-state index contributed by atoms with van der Waals surface area (Å²) < 4.78 is 11.2. The van der Waals surface area contributed by atoms with Gasteiger partial charge in [0.05, 0.1) is 26.0 Å². The van der Waals surface area contributed by atoms with Gasteiger partial charge in [0.1, 0.15) is 0 Å². The molecule has 3 aromatic carbocycles. The van der Waals surface area contributed by atoms with Crippen molar-refractivity contribution in [3.05, 3.63) is 101 Å². The van der Waals surface area contributed by atoms with Crippen LogP contribution in [0.15, 0.2) is 84.0 Å². The van der Waals surface area contributed by atoms with E-state index in [-0.39, 0.29) is 11.9 Å². The van der Waals surface area contributed by atoms with Crippen LogP contribution in [0.25, 0.3) is 6.08 Å². The van der Waals surface area contributed by atoms with E-state index in [4.69, 9.17) is 14.6 Å². The van der Waals surface area contributed by atoms with Crippen molar-refractivity contribution in [2.45, 2.75) is 19.4 Å². The summed E-state index contributed by atoms with van der Waals surface area (Å²) in [6, 6.07) is 23.3. The summed E-state index contributed by atoms with van der Waals surface area (Å²) in [5.74, 6) is 1.05. The third-order valence-electron chi connectivity index (χ3n) is 5.50. The van der Waals surface area contributed by atoms with Crippen molar-refractivity contribution in [1.29, 1.82) is 0 Å². The number of carbonyl (C=O) groups excluding carboxylic acids is 1. The smallest absolute Gasteiger partial charge is 0.267 e. The maximum absolute atomic E-state index is 13.3. The monoisotopic (exact) mass is 426 g/mol. The first-order valence-corrected chi connectivity index (χ1v) is 10.5. The first-order chi connectivity index (χ1) is 15.6. The Morgan fingerprint density at radius 3 is 2.50 bits per heavy atom. The SMILES string of the molecule is COc1cccc(C2CC(c3cccc(C)c3)=NN2C(=O)/C=C/c2ccccc2)c1OC. The summed E-state index contributed by atoms with van der Waals surface area (Å²) in [7, 11) is 3.22. The van der Waals surface area contributed by atoms with Crippen LogP contribution in [0.1, 0.15) is 34.7 Å². The molecule has 1 atom stereocenters. The van der Waals surface area contributed by atoms with Crippen molar-refractivity contribution in [3.63, 3.8) is 0 Å². The van der Waals surface area contributed by atoms with Gasteiger partial charge in [0.15, 0.2) is 11.5 Å². The highest BCUT2D eigenvalue weighted by Gasteiger charge is 2.34. The average molecular weight is 427 g/mol. The minimum atomic E-state index is -0.302. The lowest BCUT2D eigenvalue weighted by Gasteiger charge is -2.23. The summed E-state index contributed by atoms with van der Waals surface area (Å²) in [5.41, 5.74) is 4.84. The maximum atomic E-state index is 13.3. The predicted molar refractivity (Wildman–Crippen MR) is 127 cm³/mol. The van der Waals surface area contributed by atoms with E-state index in [1.54, 1.807) is 25.3 Å². The Bertz CT molecular complexity index is 1170. The van der Waals surface area contributed by atoms with Crippen molar-refractivity contribution in [2.75, 3.05) is 14.2 Å². The molecule has 0 fully saturated rings. The van der Waals surface area contributed by atoms with E-state index in [2.05, 4.69) is 6.07 Å². The van der Waals surface area contributed by atoms with Gasteiger partial charge in [0.25, 0.3) is 5.91 Å². The number of para-hydroxylation sites is 1. The topological polar surface area (TPSA) is 51.1 Å². The van der Waals surface area contributed by atoms with Gasteiger partial charge in [-0.2, -0.15) is 5.10 Å². The number of hydrogen-bond acceptors (Lipinski definition) is 4. The number of rotatable bonds is 6. The van der Waals surface area contributed by atoms with E-state index in [9.17, 15) is 4.79 Å². The Morgan fingerprint density at radius 1 is 1.00 bits per heavy atom. The Kier molecular flexibility index (Phi) is 6.36. The third-order valence-corrected chi connectivity index (χ3v) is 5.50. The van der Waals surface area contributed by atoms with Gasteiger partial charge in [-0.15, -0.1) is 0 Å². The predicted octanol–water partition coefficient (Wildman–Crippen LogP) is 5.40. The van der Waals surface area contributed by atoms with Gasteiger partial charge in [-0.05, 0) is 30.2 Å². The number of amides is 1. The van der Waals surface area contributed by atoms with Gasteiger partial charge in [-0.1, -0.05) is 72.3 Å². The van der Waals surface area contributed by atoms with Crippen LogP contribution in [0.3, 0.4) is 0 Å². The van der Waals surface area contributed by atoms with Crippen LogP contribution in [0, 0.1) is 6.92 Å². The summed E-state index contributed by atoms with van der Waals surface area (Å²) >= 11 is 0. The first-order valence-electron chi connectivity index (χ1n) is 10.5. The number of ether oxygens (including phenoxy) is 2. The molecule has 1 heterocycles. The molecule has 0 radical (unpaired) electrons. The molecule has 0 aromatic heterocycles. The number of methoxy groups -OCH3 is 2. The normalized spacial score (nSPS) is 15.7. The molecule has 0 aliphatic carbocycles. The number of carbonyl (C=O) groups is 1. The van der Waals surface area contributed by atoms with Crippen LogP contribution in [0.5, 0.6) is 11.5 Å². The molecule has 0 spiro atoms. The molecule has 0 N–H and O–H groups in total. The van der Waals surface area contributed by atoms with Gasteiger partial charge in [-0.3, -0.25) is 4.79 Å². The Balaban J connectivity index is 1.73. The second-order valence-corrected chi connectivity index (χ2v) is 7.65. The van der Waals surface area contributed by atoms with Crippen molar-refractivity contribution < 1.29 is 14.3 Å². The number of aryl methyl sites for hydroxylation is 1. The molecule has 0 saturated heterocycles. The van der Waals surface area contributed by atoms with Crippen LogP contribution in [-0.4, -0.2) is 30.8 Å². The molecule has 3 aromatic rings. The molecule has 1 aliphatic heterocycles. The van der Waals surface area contributed by atoms with E-state index >= 15 is 0 Å². The van der Waals surface area contributed by atoms with E-state index < -0.39 is 0 Å². The van der Waals surface area contributed by atoms with Gasteiger partial charge in [-0.25, -0.2) is 5.01 Å². The van der Waals surface area contributed by atoms with Crippen LogP contribution in [0.2, 0.25) is 0 Å². The Hall–Kier alpha value is -3.86. The van der Waals surface area contributed by atoms with Crippen molar-refractivity contribution >= 4 is 17.7 Å². The summed E-state index contributed by atoms with van der Waals surface area (Å²) in [4.78, 5) is 13.3. The Morgan fingerprint density at radius 2 is 1.78 bits per heavy atom. The molecule has 5 nitrogen and oxygen atoms in total. The quantitative estimate of drug-likeness (QED) is 0.496. The van der Waals surface area contributed by atoms with Gasteiger partial charge in [0.2, 0.25) is 0 Å². The maximum Gasteiger partial charge on any atom is 0.267 e. The minimum Gasteiger partial charge on any atom is -0.493 e. The molecule has 32 heavy (non-hydrogen) atoms. The van der Waals surface area contributed by atoms with Crippen molar-refractivity contribution in [2.24, 2.45) is 5.10 Å². The zero-order valence-corrected chi connectivity index (χ0v) is 18.5. The molecule has 0 bridgehead atoms. The van der Waals surface area contributed by atoms with Crippen LogP contribution in [-0.2, 0) is 4.79 Å². The highest BCUT2D eigenvalue weighted by molar-refractivity contribution is 6.04. The second-order valence-electron chi connectivity index (χ2n) is 7.65. The van der Waals surface area contributed by atoms with Crippen molar-refractivity contribution in [3.8, 4) is 11.5 Å². The first kappa shape index (κ1) is 21.4. The van der Waals surface area contributed by atoms with Gasteiger partial charge < -0.3 is 9.47 Å². The minimum absolute atomic E-state index is 0.189. The zero-order valence-electron chi connectivity index (χ0n) is 18.5. The summed E-state index contributed by atoms with van der Waals surface area (Å²) in [6.45, 7) is 2.05. The number of hydrogen-bond donors (Lipinski definition) is 0. The molecule has 5 heteroatoms. The fourth-order valence-corrected chi connectivity index (χ4v) is 3.94. The lowest BCUT2D eigenvalue weighted by molar-refractivity contribution is -0.127. The molecule has 1 aliphatic rings. The standard InChI is InChI=1S/C27H26N2O3/c1-19-9-7-12-21(17-19)23-18-24(22-13-8-14-25(31-2)27(22)32-3)29(28-23)26(30)16-15-20-10-5-4-6-11-20/h4-17,24H,18H2,1-3H3/b16-15+. The van der Waals surface area contributed by atoms with E-state index in [1.807, 2.05) is 79.7 Å². The molecular weight excluding hydrogens is 400 g/mol. The fraction of sp³-hybridized carbons (Fsp3) is 0.185. The largest absolute Gasteiger partial charge is 0.493 e. The Labute approximate surface area is 188 Å². The van der Waals surface area contributed by atoms with Gasteiger partial charge >= 0.3 is 0 Å². The number of hydrazone groups is 1. The number of nitrogens with zero attached hydrogens (tertiary/aromatic N) is 2. The van der Waals surface area contributed by atoms with Crippen LogP contribution in [0.4, 0.5) is 0 Å². The van der Waals surface area contributed by atoms with Crippen molar-refractivity contribution in [1.82, 2.24) is 5.01 Å². The van der Waals surface area contributed by atoms with E-state index in [0.29, 0.717) is 17.9 Å².